The van der Waals surface area contributed by atoms with Gasteiger partial charge in [-0.2, -0.15) is 0 Å². The van der Waals surface area contributed by atoms with Gasteiger partial charge in [-0.1, -0.05) is 11.6 Å². The molecule has 2 amide bonds. The van der Waals surface area contributed by atoms with Crippen molar-refractivity contribution in [3.8, 4) is 11.5 Å². The average Bonchev–Trinajstić information content (AvgIpc) is 2.73. The van der Waals surface area contributed by atoms with E-state index in [4.69, 9.17) is 21.1 Å². The average molecular weight is 403 g/mol. The standard InChI is InChI=1S/C21H23ClN2O4/c1-3-28-19-14-16(6-9-18(19)27-2)21(26)24-12-10-23(11-13-24)20(25)15-4-7-17(22)8-5-15/h4-9,14H,3,10-13H2,1-2H3. The minimum absolute atomic E-state index is 0.0492. The molecule has 7 heteroatoms. The second kappa shape index (κ2) is 8.97. The Morgan fingerprint density at radius 2 is 1.43 bits per heavy atom. The number of piperazine rings is 1. The number of methoxy groups -OCH3 is 1. The van der Waals surface area contributed by atoms with E-state index in [1.165, 1.54) is 0 Å². The molecule has 0 atom stereocenters. The van der Waals surface area contributed by atoms with Crippen molar-refractivity contribution in [2.75, 3.05) is 39.9 Å². The molecule has 0 bridgehead atoms. The number of ether oxygens (including phenoxy) is 2. The predicted molar refractivity (Wildman–Crippen MR) is 107 cm³/mol. The van der Waals surface area contributed by atoms with E-state index < -0.39 is 0 Å². The molecule has 0 saturated carbocycles. The molecule has 0 aromatic heterocycles. The highest BCUT2D eigenvalue weighted by atomic mass is 35.5. The van der Waals surface area contributed by atoms with Crippen LogP contribution in [0.15, 0.2) is 42.5 Å². The lowest BCUT2D eigenvalue weighted by Gasteiger charge is -2.35. The highest BCUT2D eigenvalue weighted by Crippen LogP contribution is 2.28. The van der Waals surface area contributed by atoms with Crippen molar-refractivity contribution >= 4 is 23.4 Å². The summed E-state index contributed by atoms with van der Waals surface area (Å²) in [5.41, 5.74) is 1.14. The molecule has 1 aliphatic rings. The number of amides is 2. The second-order valence-electron chi connectivity index (χ2n) is 6.39. The first-order valence-corrected chi connectivity index (χ1v) is 9.56. The Bertz CT molecular complexity index is 846. The van der Waals surface area contributed by atoms with Crippen molar-refractivity contribution in [3.63, 3.8) is 0 Å². The number of hydrogen-bond acceptors (Lipinski definition) is 4. The van der Waals surface area contributed by atoms with Crippen molar-refractivity contribution in [1.82, 2.24) is 9.80 Å². The number of carbonyl (C=O) groups excluding carboxylic acids is 2. The number of carbonyl (C=O) groups is 2. The van der Waals surface area contributed by atoms with Gasteiger partial charge in [0.05, 0.1) is 13.7 Å². The third-order valence-corrected chi connectivity index (χ3v) is 4.91. The van der Waals surface area contributed by atoms with Crippen LogP contribution in [0.1, 0.15) is 27.6 Å². The van der Waals surface area contributed by atoms with E-state index in [0.29, 0.717) is 60.4 Å². The van der Waals surface area contributed by atoms with Gasteiger partial charge in [0.1, 0.15) is 0 Å². The van der Waals surface area contributed by atoms with Crippen LogP contribution in [0.3, 0.4) is 0 Å². The van der Waals surface area contributed by atoms with Crippen LogP contribution in [0.5, 0.6) is 11.5 Å². The van der Waals surface area contributed by atoms with Crippen molar-refractivity contribution in [2.45, 2.75) is 6.92 Å². The highest BCUT2D eigenvalue weighted by molar-refractivity contribution is 6.30. The third kappa shape index (κ3) is 4.39. The normalized spacial score (nSPS) is 14.0. The molecule has 1 fully saturated rings. The summed E-state index contributed by atoms with van der Waals surface area (Å²) in [5.74, 6) is 1.01. The first-order valence-electron chi connectivity index (χ1n) is 9.18. The zero-order valence-corrected chi connectivity index (χ0v) is 16.7. The summed E-state index contributed by atoms with van der Waals surface area (Å²) in [6.07, 6.45) is 0. The van der Waals surface area contributed by atoms with Gasteiger partial charge in [-0.05, 0) is 49.4 Å². The zero-order chi connectivity index (χ0) is 20.1. The van der Waals surface area contributed by atoms with Crippen LogP contribution in [-0.4, -0.2) is 61.5 Å². The molecule has 3 rings (SSSR count). The summed E-state index contributed by atoms with van der Waals surface area (Å²) in [4.78, 5) is 29.0. The lowest BCUT2D eigenvalue weighted by Crippen LogP contribution is -2.50. The van der Waals surface area contributed by atoms with Gasteiger partial charge in [-0.15, -0.1) is 0 Å². The maximum atomic E-state index is 12.9. The third-order valence-electron chi connectivity index (χ3n) is 4.66. The summed E-state index contributed by atoms with van der Waals surface area (Å²) >= 11 is 5.88. The first kappa shape index (κ1) is 20.0. The maximum absolute atomic E-state index is 12.9. The summed E-state index contributed by atoms with van der Waals surface area (Å²) in [6.45, 7) is 4.30. The maximum Gasteiger partial charge on any atom is 0.254 e. The lowest BCUT2D eigenvalue weighted by molar-refractivity contribution is 0.0535. The van der Waals surface area contributed by atoms with E-state index in [9.17, 15) is 9.59 Å². The van der Waals surface area contributed by atoms with Crippen LogP contribution in [-0.2, 0) is 0 Å². The van der Waals surface area contributed by atoms with Crippen LogP contribution < -0.4 is 9.47 Å². The molecule has 28 heavy (non-hydrogen) atoms. The fourth-order valence-corrected chi connectivity index (χ4v) is 3.27. The lowest BCUT2D eigenvalue weighted by atomic mass is 10.1. The Morgan fingerprint density at radius 3 is 1.96 bits per heavy atom. The van der Waals surface area contributed by atoms with Gasteiger partial charge in [0.25, 0.3) is 11.8 Å². The molecule has 2 aromatic carbocycles. The van der Waals surface area contributed by atoms with Crippen molar-refractivity contribution in [1.29, 1.82) is 0 Å². The first-order chi connectivity index (χ1) is 13.5. The van der Waals surface area contributed by atoms with Crippen molar-refractivity contribution in [3.05, 3.63) is 58.6 Å². The number of halogens is 1. The zero-order valence-electron chi connectivity index (χ0n) is 16.0. The van der Waals surface area contributed by atoms with E-state index >= 15 is 0 Å². The van der Waals surface area contributed by atoms with Crippen molar-refractivity contribution < 1.29 is 19.1 Å². The molecule has 1 saturated heterocycles. The SMILES string of the molecule is CCOc1cc(C(=O)N2CCN(C(=O)c3ccc(Cl)cc3)CC2)ccc1OC. The van der Waals surface area contributed by atoms with Crippen LogP contribution >= 0.6 is 11.6 Å². The number of nitrogens with zero attached hydrogens (tertiary/aromatic N) is 2. The van der Waals surface area contributed by atoms with E-state index in [-0.39, 0.29) is 11.8 Å². The molecular formula is C21H23ClN2O4. The van der Waals surface area contributed by atoms with Crippen LogP contribution in [0.2, 0.25) is 5.02 Å². The van der Waals surface area contributed by atoms with Crippen LogP contribution in [0.4, 0.5) is 0 Å². The van der Waals surface area contributed by atoms with Gasteiger partial charge in [0.2, 0.25) is 0 Å². The Morgan fingerprint density at radius 1 is 0.893 bits per heavy atom. The monoisotopic (exact) mass is 402 g/mol. The predicted octanol–water partition coefficient (Wildman–Crippen LogP) is 3.35. The fraction of sp³-hybridized carbons (Fsp3) is 0.333. The second-order valence-corrected chi connectivity index (χ2v) is 6.83. The molecule has 0 radical (unpaired) electrons. The molecular weight excluding hydrogens is 380 g/mol. The molecule has 1 heterocycles. The summed E-state index contributed by atoms with van der Waals surface area (Å²) in [5, 5.41) is 0.595. The molecule has 1 aliphatic heterocycles. The van der Waals surface area contributed by atoms with Crippen LogP contribution in [0, 0.1) is 0 Å². The van der Waals surface area contributed by atoms with E-state index in [1.54, 1.807) is 59.4 Å². The van der Waals surface area contributed by atoms with E-state index in [1.807, 2.05) is 6.92 Å². The van der Waals surface area contributed by atoms with E-state index in [2.05, 4.69) is 0 Å². The fourth-order valence-electron chi connectivity index (χ4n) is 3.15. The smallest absolute Gasteiger partial charge is 0.254 e. The van der Waals surface area contributed by atoms with Gasteiger partial charge >= 0.3 is 0 Å². The van der Waals surface area contributed by atoms with Gasteiger partial charge in [-0.3, -0.25) is 9.59 Å². The molecule has 148 valence electrons. The number of rotatable bonds is 5. The minimum atomic E-state index is -0.0813. The Labute approximate surface area is 169 Å². The van der Waals surface area contributed by atoms with Gasteiger partial charge in [0.15, 0.2) is 11.5 Å². The van der Waals surface area contributed by atoms with E-state index in [0.717, 1.165) is 0 Å². The molecule has 6 nitrogen and oxygen atoms in total. The Hall–Kier alpha value is -2.73. The largest absolute Gasteiger partial charge is 0.493 e. The quantitative estimate of drug-likeness (QED) is 0.769. The number of benzene rings is 2. The number of hydrogen-bond donors (Lipinski definition) is 0. The molecule has 0 spiro atoms. The van der Waals surface area contributed by atoms with Crippen LogP contribution in [0.25, 0.3) is 0 Å². The molecule has 0 aliphatic carbocycles. The molecule has 2 aromatic rings. The van der Waals surface area contributed by atoms with Crippen molar-refractivity contribution in [2.24, 2.45) is 0 Å². The Kier molecular flexibility index (Phi) is 6.41. The topological polar surface area (TPSA) is 59.1 Å². The summed E-state index contributed by atoms with van der Waals surface area (Å²) < 4.78 is 10.8. The summed E-state index contributed by atoms with van der Waals surface area (Å²) in [6, 6.07) is 12.0. The highest BCUT2D eigenvalue weighted by Gasteiger charge is 2.26. The Balaban J connectivity index is 1.64. The van der Waals surface area contributed by atoms with Gasteiger partial charge < -0.3 is 19.3 Å². The molecule has 0 N–H and O–H groups in total. The summed E-state index contributed by atoms with van der Waals surface area (Å²) in [7, 11) is 1.57. The molecule has 0 unspecified atom stereocenters. The van der Waals surface area contributed by atoms with Gasteiger partial charge in [-0.25, -0.2) is 0 Å². The van der Waals surface area contributed by atoms with Gasteiger partial charge in [0, 0.05) is 42.3 Å². The minimum Gasteiger partial charge on any atom is -0.493 e.